The second-order valence-electron chi connectivity index (χ2n) is 5.95. The highest BCUT2D eigenvalue weighted by molar-refractivity contribution is 6.27. The van der Waals surface area contributed by atoms with Gasteiger partial charge in [0.05, 0.1) is 5.56 Å². The zero-order chi connectivity index (χ0) is 16.8. The SMILES string of the molecule is Cc1cccc(C)c1Nc1cc2c(o1)C(=O)c1ccccc1C2=O. The van der Waals surface area contributed by atoms with E-state index in [1.54, 1.807) is 30.3 Å². The van der Waals surface area contributed by atoms with Gasteiger partial charge >= 0.3 is 0 Å². The van der Waals surface area contributed by atoms with Crippen LogP contribution < -0.4 is 5.32 Å². The van der Waals surface area contributed by atoms with Crippen molar-refractivity contribution in [2.75, 3.05) is 5.32 Å². The number of nitrogens with one attached hydrogen (secondary N) is 1. The zero-order valence-corrected chi connectivity index (χ0v) is 13.3. The smallest absolute Gasteiger partial charge is 0.229 e. The average molecular weight is 317 g/mol. The number of fused-ring (bicyclic) bond motifs is 2. The van der Waals surface area contributed by atoms with Crippen LogP contribution in [0, 0.1) is 13.8 Å². The molecule has 24 heavy (non-hydrogen) atoms. The Morgan fingerprint density at radius 2 is 1.42 bits per heavy atom. The van der Waals surface area contributed by atoms with Gasteiger partial charge in [-0.05, 0) is 25.0 Å². The Labute approximate surface area is 139 Å². The van der Waals surface area contributed by atoms with E-state index in [-0.39, 0.29) is 17.3 Å². The summed E-state index contributed by atoms with van der Waals surface area (Å²) in [5.74, 6) is 0.0626. The van der Waals surface area contributed by atoms with E-state index >= 15 is 0 Å². The molecule has 1 aliphatic rings. The number of carbonyl (C=O) groups excluding carboxylic acids is 2. The van der Waals surface area contributed by atoms with E-state index in [1.807, 2.05) is 32.0 Å². The lowest BCUT2D eigenvalue weighted by Crippen LogP contribution is -2.18. The van der Waals surface area contributed by atoms with Gasteiger partial charge in [0, 0.05) is 22.9 Å². The van der Waals surface area contributed by atoms with Crippen LogP contribution in [0.2, 0.25) is 0 Å². The van der Waals surface area contributed by atoms with Crippen LogP contribution in [0.4, 0.5) is 11.6 Å². The minimum absolute atomic E-state index is 0.104. The summed E-state index contributed by atoms with van der Waals surface area (Å²) in [6, 6.07) is 14.4. The molecule has 0 fully saturated rings. The molecule has 0 bridgehead atoms. The predicted octanol–water partition coefficient (Wildman–Crippen LogP) is 4.42. The molecule has 0 unspecified atom stereocenters. The molecule has 118 valence electrons. The summed E-state index contributed by atoms with van der Waals surface area (Å²) in [4.78, 5) is 25.2. The maximum atomic E-state index is 12.6. The molecule has 4 rings (SSSR count). The average Bonchev–Trinajstić information content (AvgIpc) is 3.01. The summed E-state index contributed by atoms with van der Waals surface area (Å²) < 4.78 is 5.68. The fraction of sp³-hybridized carbons (Fsp3) is 0.100. The van der Waals surface area contributed by atoms with Gasteiger partial charge in [0.1, 0.15) is 0 Å². The van der Waals surface area contributed by atoms with Gasteiger partial charge in [-0.1, -0.05) is 42.5 Å². The van der Waals surface area contributed by atoms with Crippen molar-refractivity contribution in [3.05, 3.63) is 82.1 Å². The van der Waals surface area contributed by atoms with Gasteiger partial charge in [0.2, 0.25) is 5.78 Å². The molecular formula is C20H15NO3. The largest absolute Gasteiger partial charge is 0.436 e. The van der Waals surface area contributed by atoms with Crippen LogP contribution in [0.3, 0.4) is 0 Å². The highest BCUT2D eigenvalue weighted by atomic mass is 16.4. The molecule has 0 spiro atoms. The molecule has 4 nitrogen and oxygen atoms in total. The molecule has 1 aromatic heterocycles. The third kappa shape index (κ3) is 2.07. The molecule has 4 heteroatoms. The molecule has 1 aliphatic carbocycles. The third-order valence-electron chi connectivity index (χ3n) is 4.33. The van der Waals surface area contributed by atoms with Crippen molar-refractivity contribution in [1.82, 2.24) is 0 Å². The molecule has 3 aromatic rings. The van der Waals surface area contributed by atoms with Gasteiger partial charge in [0.25, 0.3) is 0 Å². The lowest BCUT2D eigenvalue weighted by molar-refractivity contribution is 0.0961. The maximum absolute atomic E-state index is 12.6. The molecule has 2 aromatic carbocycles. The second kappa shape index (κ2) is 5.20. The van der Waals surface area contributed by atoms with Gasteiger partial charge in [0.15, 0.2) is 17.4 Å². The number of ketones is 2. The number of anilines is 2. The minimum Gasteiger partial charge on any atom is -0.436 e. The Bertz CT molecular complexity index is 925. The molecule has 1 N–H and O–H groups in total. The molecule has 0 atom stereocenters. The zero-order valence-electron chi connectivity index (χ0n) is 13.3. The number of rotatable bonds is 2. The van der Waals surface area contributed by atoms with Crippen molar-refractivity contribution in [2.45, 2.75) is 13.8 Å². The first kappa shape index (κ1) is 14.5. The molecular weight excluding hydrogens is 302 g/mol. The van der Waals surface area contributed by atoms with E-state index in [4.69, 9.17) is 4.42 Å². The predicted molar refractivity (Wildman–Crippen MR) is 91.2 cm³/mol. The fourth-order valence-corrected chi connectivity index (χ4v) is 3.07. The van der Waals surface area contributed by atoms with Gasteiger partial charge in [-0.15, -0.1) is 0 Å². The van der Waals surface area contributed by atoms with Crippen LogP contribution in [0.15, 0.2) is 52.9 Å². The topological polar surface area (TPSA) is 59.3 Å². The second-order valence-corrected chi connectivity index (χ2v) is 5.95. The third-order valence-corrected chi connectivity index (χ3v) is 4.33. The van der Waals surface area contributed by atoms with E-state index in [0.717, 1.165) is 16.8 Å². The number of para-hydroxylation sites is 1. The van der Waals surface area contributed by atoms with Crippen molar-refractivity contribution in [3.8, 4) is 0 Å². The van der Waals surface area contributed by atoms with E-state index in [1.165, 1.54) is 0 Å². The normalized spacial score (nSPS) is 12.8. The Kier molecular flexibility index (Phi) is 3.13. The van der Waals surface area contributed by atoms with Crippen molar-refractivity contribution in [3.63, 3.8) is 0 Å². The van der Waals surface area contributed by atoms with E-state index in [9.17, 15) is 9.59 Å². The van der Waals surface area contributed by atoms with Crippen molar-refractivity contribution in [1.29, 1.82) is 0 Å². The molecule has 0 radical (unpaired) electrons. The van der Waals surface area contributed by atoms with Crippen LogP contribution in [0.5, 0.6) is 0 Å². The Balaban J connectivity index is 1.78. The maximum Gasteiger partial charge on any atom is 0.229 e. The number of furan rings is 1. The monoisotopic (exact) mass is 317 g/mol. The summed E-state index contributed by atoms with van der Waals surface area (Å²) in [6.07, 6.45) is 0. The van der Waals surface area contributed by atoms with Crippen LogP contribution in [-0.2, 0) is 0 Å². The van der Waals surface area contributed by atoms with Crippen molar-refractivity contribution < 1.29 is 14.0 Å². The number of benzene rings is 2. The van der Waals surface area contributed by atoms with Gasteiger partial charge in [-0.25, -0.2) is 0 Å². The van der Waals surface area contributed by atoms with E-state index in [2.05, 4.69) is 5.32 Å². The molecule has 0 saturated carbocycles. The minimum atomic E-state index is -0.255. The highest BCUT2D eigenvalue weighted by Gasteiger charge is 2.33. The Hall–Kier alpha value is -3.14. The van der Waals surface area contributed by atoms with Crippen molar-refractivity contribution in [2.24, 2.45) is 0 Å². The standard InChI is InChI=1S/C20H15NO3/c1-11-6-5-7-12(2)17(11)21-16-10-15-18(22)13-8-3-4-9-14(13)19(23)20(15)24-16/h3-10,21H,1-2H3. The summed E-state index contributed by atoms with van der Waals surface area (Å²) in [6.45, 7) is 3.98. The van der Waals surface area contributed by atoms with E-state index in [0.29, 0.717) is 22.6 Å². The first-order valence-corrected chi connectivity index (χ1v) is 7.72. The van der Waals surface area contributed by atoms with Crippen LogP contribution in [0.1, 0.15) is 43.2 Å². The molecule has 0 saturated heterocycles. The molecule has 1 heterocycles. The Morgan fingerprint density at radius 3 is 2.08 bits per heavy atom. The Morgan fingerprint density at radius 1 is 0.792 bits per heavy atom. The lowest BCUT2D eigenvalue weighted by atomic mass is 9.89. The van der Waals surface area contributed by atoms with Crippen LogP contribution in [-0.4, -0.2) is 11.6 Å². The summed E-state index contributed by atoms with van der Waals surface area (Å²) in [5, 5.41) is 3.19. The first-order chi connectivity index (χ1) is 11.6. The van der Waals surface area contributed by atoms with Crippen LogP contribution >= 0.6 is 0 Å². The van der Waals surface area contributed by atoms with Gasteiger partial charge in [-0.2, -0.15) is 0 Å². The number of aryl methyl sites for hydroxylation is 2. The number of hydrogen-bond acceptors (Lipinski definition) is 4. The first-order valence-electron chi connectivity index (χ1n) is 7.72. The molecule has 0 aliphatic heterocycles. The molecule has 0 amide bonds. The summed E-state index contributed by atoms with van der Waals surface area (Å²) in [5.41, 5.74) is 4.17. The lowest BCUT2D eigenvalue weighted by Gasteiger charge is -2.11. The van der Waals surface area contributed by atoms with Crippen molar-refractivity contribution >= 4 is 23.1 Å². The number of carbonyl (C=O) groups is 2. The highest BCUT2D eigenvalue weighted by Crippen LogP contribution is 2.33. The summed E-state index contributed by atoms with van der Waals surface area (Å²) >= 11 is 0. The van der Waals surface area contributed by atoms with Gasteiger partial charge in [-0.3, -0.25) is 9.59 Å². The summed E-state index contributed by atoms with van der Waals surface area (Å²) in [7, 11) is 0. The van der Waals surface area contributed by atoms with Crippen LogP contribution in [0.25, 0.3) is 0 Å². The quantitative estimate of drug-likeness (QED) is 0.595. The van der Waals surface area contributed by atoms with E-state index < -0.39 is 0 Å². The number of hydrogen-bond donors (Lipinski definition) is 1. The fourth-order valence-electron chi connectivity index (χ4n) is 3.07. The van der Waals surface area contributed by atoms with Gasteiger partial charge < -0.3 is 9.73 Å².